The first kappa shape index (κ1) is 9.36. The highest BCUT2D eigenvalue weighted by atomic mass is 16.4. The van der Waals surface area contributed by atoms with Crippen LogP contribution in [-0.4, -0.2) is 68.9 Å². The molecule has 2 fully saturated rings. The van der Waals surface area contributed by atoms with Gasteiger partial charge in [0.25, 0.3) is 0 Å². The van der Waals surface area contributed by atoms with E-state index in [4.69, 9.17) is 0 Å². The molecule has 5 nitrogen and oxygen atoms in total. The molecule has 0 saturated carbocycles. The van der Waals surface area contributed by atoms with Gasteiger partial charge < -0.3 is 20.4 Å². The van der Waals surface area contributed by atoms with Crippen LogP contribution in [0.3, 0.4) is 0 Å². The Morgan fingerprint density at radius 2 is 1.62 bits per heavy atom. The number of aliphatic hydroxyl groups is 4. The molecule has 76 valence electrons. The summed E-state index contributed by atoms with van der Waals surface area (Å²) in [6.45, 7) is 1.01. The molecule has 0 bridgehead atoms. The number of hydrogen-bond acceptors (Lipinski definition) is 5. The smallest absolute Gasteiger partial charge is 0.109 e. The van der Waals surface area contributed by atoms with Crippen LogP contribution in [0.1, 0.15) is 6.42 Å². The predicted molar refractivity (Wildman–Crippen MR) is 44.0 cm³/mol. The molecule has 0 aromatic carbocycles. The zero-order chi connectivity index (χ0) is 9.59. The average Bonchev–Trinajstić information content (AvgIpc) is 2.43. The molecule has 2 rings (SSSR count). The molecule has 4 N–H and O–H groups in total. The standard InChI is InChI=1S/C8H15NO4/c10-4-1-2-9-3-5(11)7(12)8(13)6(4)9/h4-8,10-13H,1-3H2/t4-,5+,6+,7+,8-/m0/s1. The fraction of sp³-hybridized carbons (Fsp3) is 1.00. The predicted octanol–water partition coefficient (Wildman–Crippen LogP) is -2.48. The highest BCUT2D eigenvalue weighted by Crippen LogP contribution is 2.27. The molecule has 0 radical (unpaired) electrons. The first-order chi connectivity index (χ1) is 6.11. The van der Waals surface area contributed by atoms with Gasteiger partial charge in [-0.1, -0.05) is 0 Å². The van der Waals surface area contributed by atoms with Gasteiger partial charge in [-0.05, 0) is 6.42 Å². The van der Waals surface area contributed by atoms with E-state index in [1.54, 1.807) is 0 Å². The van der Waals surface area contributed by atoms with Crippen molar-refractivity contribution in [1.82, 2.24) is 4.90 Å². The lowest BCUT2D eigenvalue weighted by Crippen LogP contribution is -2.61. The van der Waals surface area contributed by atoms with Crippen LogP contribution in [0.2, 0.25) is 0 Å². The van der Waals surface area contributed by atoms with Crippen molar-refractivity contribution >= 4 is 0 Å². The van der Waals surface area contributed by atoms with Crippen molar-refractivity contribution in [2.75, 3.05) is 13.1 Å². The van der Waals surface area contributed by atoms with Gasteiger partial charge in [0.05, 0.1) is 18.2 Å². The molecule has 2 saturated heterocycles. The lowest BCUT2D eigenvalue weighted by Gasteiger charge is -2.40. The minimum absolute atomic E-state index is 0.333. The van der Waals surface area contributed by atoms with Gasteiger partial charge in [-0.15, -0.1) is 0 Å². The topological polar surface area (TPSA) is 84.2 Å². The van der Waals surface area contributed by atoms with E-state index < -0.39 is 30.5 Å². The number of hydrogen-bond donors (Lipinski definition) is 4. The summed E-state index contributed by atoms with van der Waals surface area (Å²) in [5.41, 5.74) is 0. The van der Waals surface area contributed by atoms with E-state index in [1.807, 2.05) is 4.90 Å². The van der Waals surface area contributed by atoms with Crippen molar-refractivity contribution in [1.29, 1.82) is 0 Å². The fourth-order valence-electron chi connectivity index (χ4n) is 2.30. The van der Waals surface area contributed by atoms with Crippen molar-refractivity contribution in [2.45, 2.75) is 36.9 Å². The molecule has 2 heterocycles. The van der Waals surface area contributed by atoms with Crippen LogP contribution in [0.4, 0.5) is 0 Å². The maximum absolute atomic E-state index is 9.58. The maximum Gasteiger partial charge on any atom is 0.109 e. The molecule has 13 heavy (non-hydrogen) atoms. The van der Waals surface area contributed by atoms with Gasteiger partial charge in [-0.3, -0.25) is 4.90 Å². The minimum Gasteiger partial charge on any atom is -0.391 e. The summed E-state index contributed by atoms with van der Waals surface area (Å²) in [6, 6.07) is -0.404. The van der Waals surface area contributed by atoms with Crippen LogP contribution in [0.5, 0.6) is 0 Å². The largest absolute Gasteiger partial charge is 0.391 e. The molecular weight excluding hydrogens is 174 g/mol. The highest BCUT2D eigenvalue weighted by Gasteiger charge is 2.47. The van der Waals surface area contributed by atoms with Crippen LogP contribution in [-0.2, 0) is 0 Å². The van der Waals surface area contributed by atoms with Gasteiger partial charge in [0, 0.05) is 13.1 Å². The first-order valence-electron chi connectivity index (χ1n) is 4.57. The molecule has 5 heteroatoms. The third-order valence-electron chi connectivity index (χ3n) is 3.04. The molecule has 0 amide bonds. The van der Waals surface area contributed by atoms with Crippen molar-refractivity contribution in [3.05, 3.63) is 0 Å². The Labute approximate surface area is 76.2 Å². The third kappa shape index (κ3) is 1.37. The van der Waals surface area contributed by atoms with Gasteiger partial charge >= 0.3 is 0 Å². The third-order valence-corrected chi connectivity index (χ3v) is 3.04. The Hall–Kier alpha value is -0.200. The van der Waals surface area contributed by atoms with Crippen LogP contribution in [0, 0.1) is 0 Å². The Kier molecular flexibility index (Phi) is 2.29. The summed E-state index contributed by atoms with van der Waals surface area (Å²) in [6.07, 6.45) is -3.06. The molecule has 0 aromatic heterocycles. The SMILES string of the molecule is O[C@@H]1[C@H](O)[C@H](O)CN2CC[C@H](O)[C@H]12. The molecule has 0 aromatic rings. The Morgan fingerprint density at radius 3 is 2.31 bits per heavy atom. The Bertz CT molecular complexity index is 201. The number of nitrogens with zero attached hydrogens (tertiary/aromatic N) is 1. The summed E-state index contributed by atoms with van der Waals surface area (Å²) in [5.74, 6) is 0. The van der Waals surface area contributed by atoms with E-state index in [-0.39, 0.29) is 0 Å². The van der Waals surface area contributed by atoms with Crippen molar-refractivity contribution in [3.8, 4) is 0 Å². The van der Waals surface area contributed by atoms with Crippen LogP contribution < -0.4 is 0 Å². The van der Waals surface area contributed by atoms with E-state index in [0.717, 1.165) is 0 Å². The number of fused-ring (bicyclic) bond motifs is 1. The number of piperidine rings is 1. The monoisotopic (exact) mass is 189 g/mol. The molecule has 2 aliphatic rings. The van der Waals surface area contributed by atoms with Crippen LogP contribution in [0.25, 0.3) is 0 Å². The zero-order valence-electron chi connectivity index (χ0n) is 7.24. The second-order valence-corrected chi connectivity index (χ2v) is 3.89. The maximum atomic E-state index is 9.58. The quantitative estimate of drug-likeness (QED) is 0.339. The van der Waals surface area contributed by atoms with E-state index in [2.05, 4.69) is 0 Å². The summed E-state index contributed by atoms with van der Waals surface area (Å²) in [4.78, 5) is 1.83. The molecular formula is C8H15NO4. The second kappa shape index (κ2) is 3.18. The zero-order valence-corrected chi connectivity index (χ0v) is 7.24. The normalized spacial score (nSPS) is 52.2. The second-order valence-electron chi connectivity index (χ2n) is 3.89. The van der Waals surface area contributed by atoms with Gasteiger partial charge in [0.1, 0.15) is 12.2 Å². The van der Waals surface area contributed by atoms with Gasteiger partial charge in [-0.2, -0.15) is 0 Å². The van der Waals surface area contributed by atoms with E-state index in [0.29, 0.717) is 19.5 Å². The van der Waals surface area contributed by atoms with E-state index in [1.165, 1.54) is 0 Å². The molecule has 0 aliphatic carbocycles. The van der Waals surface area contributed by atoms with Gasteiger partial charge in [-0.25, -0.2) is 0 Å². The van der Waals surface area contributed by atoms with Crippen molar-refractivity contribution in [3.63, 3.8) is 0 Å². The lowest BCUT2D eigenvalue weighted by molar-refractivity contribution is -0.140. The van der Waals surface area contributed by atoms with E-state index in [9.17, 15) is 20.4 Å². The van der Waals surface area contributed by atoms with Crippen molar-refractivity contribution < 1.29 is 20.4 Å². The summed E-state index contributed by atoms with van der Waals surface area (Å²) in [7, 11) is 0. The Balaban J connectivity index is 2.15. The summed E-state index contributed by atoms with van der Waals surface area (Å²) >= 11 is 0. The first-order valence-corrected chi connectivity index (χ1v) is 4.57. The minimum atomic E-state index is -1.13. The molecule has 0 spiro atoms. The summed E-state index contributed by atoms with van der Waals surface area (Å²) in [5, 5.41) is 37.8. The Morgan fingerprint density at radius 1 is 0.923 bits per heavy atom. The number of rotatable bonds is 0. The number of aliphatic hydroxyl groups excluding tert-OH is 4. The lowest BCUT2D eigenvalue weighted by atomic mass is 9.93. The molecule has 2 aliphatic heterocycles. The highest BCUT2D eigenvalue weighted by molar-refractivity contribution is 5.01. The average molecular weight is 189 g/mol. The van der Waals surface area contributed by atoms with E-state index >= 15 is 0 Å². The van der Waals surface area contributed by atoms with Gasteiger partial charge in [0.2, 0.25) is 0 Å². The van der Waals surface area contributed by atoms with Crippen LogP contribution in [0.15, 0.2) is 0 Å². The fourth-order valence-corrected chi connectivity index (χ4v) is 2.30. The summed E-state index contributed by atoms with van der Waals surface area (Å²) < 4.78 is 0. The van der Waals surface area contributed by atoms with Crippen LogP contribution >= 0.6 is 0 Å². The molecule has 5 atom stereocenters. The van der Waals surface area contributed by atoms with Crippen molar-refractivity contribution in [2.24, 2.45) is 0 Å². The van der Waals surface area contributed by atoms with Gasteiger partial charge in [0.15, 0.2) is 0 Å². The molecule has 0 unspecified atom stereocenters.